The summed E-state index contributed by atoms with van der Waals surface area (Å²) in [6.07, 6.45) is 1.81. The Morgan fingerprint density at radius 1 is 1.18 bits per heavy atom. The molecule has 1 aliphatic rings. The van der Waals surface area contributed by atoms with Gasteiger partial charge in [-0.15, -0.1) is 0 Å². The maximum absolute atomic E-state index is 6.13. The van der Waals surface area contributed by atoms with Crippen LogP contribution in [0.15, 0.2) is 54.0 Å². The summed E-state index contributed by atoms with van der Waals surface area (Å²) in [7, 11) is 1.96. The molecule has 0 saturated carbocycles. The predicted octanol–water partition coefficient (Wildman–Crippen LogP) is 5.55. The van der Waals surface area contributed by atoms with Gasteiger partial charge in [-0.1, -0.05) is 36.4 Å². The average molecular weight is 391 g/mol. The first kappa shape index (κ1) is 18.5. The molecule has 4 nitrogen and oxygen atoms in total. The van der Waals surface area contributed by atoms with Crippen LogP contribution in [0, 0.1) is 6.92 Å². The zero-order valence-corrected chi connectivity index (χ0v) is 17.1. The van der Waals surface area contributed by atoms with Crippen LogP contribution >= 0.6 is 11.6 Å². The molecule has 2 heterocycles. The van der Waals surface area contributed by atoms with Gasteiger partial charge in [0.15, 0.2) is 0 Å². The van der Waals surface area contributed by atoms with E-state index in [1.54, 1.807) is 0 Å². The molecule has 4 rings (SSSR count). The Kier molecular flexibility index (Phi) is 4.82. The molecule has 1 atom stereocenters. The number of hydrogen-bond donors (Lipinski definition) is 1. The van der Waals surface area contributed by atoms with Crippen molar-refractivity contribution in [1.82, 2.24) is 9.78 Å². The summed E-state index contributed by atoms with van der Waals surface area (Å²) in [5.74, 6) is 0. The lowest BCUT2D eigenvalue weighted by molar-refractivity contribution is 0.734. The Balaban J connectivity index is 1.81. The molecule has 0 amide bonds. The van der Waals surface area contributed by atoms with E-state index in [4.69, 9.17) is 11.6 Å². The van der Waals surface area contributed by atoms with E-state index in [1.165, 1.54) is 11.1 Å². The van der Waals surface area contributed by atoms with E-state index in [0.29, 0.717) is 0 Å². The molecule has 0 spiro atoms. The molecule has 5 heteroatoms. The van der Waals surface area contributed by atoms with Crippen LogP contribution in [-0.4, -0.2) is 15.5 Å². The zero-order chi connectivity index (χ0) is 19.8. The Bertz CT molecular complexity index is 1080. The second-order valence-corrected chi connectivity index (χ2v) is 7.55. The van der Waals surface area contributed by atoms with Crippen LogP contribution in [0.25, 0.3) is 6.08 Å². The molecular formula is C23H23ClN4. The van der Waals surface area contributed by atoms with E-state index >= 15 is 0 Å². The number of hydrogen-bond acceptors (Lipinski definition) is 3. The van der Waals surface area contributed by atoms with E-state index in [2.05, 4.69) is 66.2 Å². The van der Waals surface area contributed by atoms with Crippen molar-refractivity contribution in [2.75, 3.05) is 5.32 Å². The Hall–Kier alpha value is -2.85. The second-order valence-electron chi connectivity index (χ2n) is 7.11. The van der Waals surface area contributed by atoms with E-state index in [1.807, 2.05) is 29.9 Å². The first-order valence-electron chi connectivity index (χ1n) is 9.30. The lowest BCUT2D eigenvalue weighted by Crippen LogP contribution is -2.15. The minimum Gasteiger partial charge on any atom is -0.374 e. The van der Waals surface area contributed by atoms with Crippen molar-refractivity contribution >= 4 is 29.1 Å². The number of fused-ring (bicyclic) bond motifs is 1. The molecule has 0 radical (unpaired) electrons. The molecule has 142 valence electrons. The molecule has 0 saturated heterocycles. The SMILES string of the molecule is C=Cc1nn(C)c(C)c1C(Nc1ccc2c(c1)C(C)=NC2)c1ccc(Cl)cc1. The summed E-state index contributed by atoms with van der Waals surface area (Å²) in [6, 6.07) is 14.3. The monoisotopic (exact) mass is 390 g/mol. The minimum absolute atomic E-state index is 0.0735. The summed E-state index contributed by atoms with van der Waals surface area (Å²) in [4.78, 5) is 4.54. The van der Waals surface area contributed by atoms with E-state index in [9.17, 15) is 0 Å². The largest absolute Gasteiger partial charge is 0.374 e. The van der Waals surface area contributed by atoms with Crippen LogP contribution in [0.5, 0.6) is 0 Å². The van der Waals surface area contributed by atoms with Gasteiger partial charge in [0, 0.05) is 40.3 Å². The standard InChI is InChI=1S/C23H23ClN4/c1-5-21-22(15(3)28(4)27-21)23(16-6-9-18(24)10-7-16)26-19-11-8-17-13-25-14(2)20(17)12-19/h5-12,23,26H,1,13H2,2-4H3. The highest BCUT2D eigenvalue weighted by Crippen LogP contribution is 2.33. The van der Waals surface area contributed by atoms with E-state index < -0.39 is 0 Å². The first-order valence-corrected chi connectivity index (χ1v) is 9.68. The number of aryl methyl sites for hydroxylation is 1. The minimum atomic E-state index is -0.0735. The number of aromatic nitrogens is 2. The molecular weight excluding hydrogens is 368 g/mol. The number of rotatable bonds is 5. The fraction of sp³-hybridized carbons (Fsp3) is 0.217. The predicted molar refractivity (Wildman–Crippen MR) is 117 cm³/mol. The highest BCUT2D eigenvalue weighted by molar-refractivity contribution is 6.30. The molecule has 1 aromatic heterocycles. The first-order chi connectivity index (χ1) is 13.5. The van der Waals surface area contributed by atoms with Gasteiger partial charge >= 0.3 is 0 Å². The van der Waals surface area contributed by atoms with Crippen LogP contribution in [-0.2, 0) is 13.6 Å². The number of nitrogens with zero attached hydrogens (tertiary/aromatic N) is 3. The van der Waals surface area contributed by atoms with Crippen molar-refractivity contribution in [3.8, 4) is 0 Å². The van der Waals surface area contributed by atoms with Crippen LogP contribution in [0.2, 0.25) is 5.02 Å². The average Bonchev–Trinajstić information content (AvgIpc) is 3.20. The third-order valence-electron chi connectivity index (χ3n) is 5.39. The molecule has 3 aromatic rings. The molecule has 28 heavy (non-hydrogen) atoms. The van der Waals surface area contributed by atoms with Crippen LogP contribution in [0.3, 0.4) is 0 Å². The van der Waals surface area contributed by atoms with Gasteiger partial charge in [0.1, 0.15) is 0 Å². The highest BCUT2D eigenvalue weighted by Gasteiger charge is 2.23. The van der Waals surface area contributed by atoms with Gasteiger partial charge in [0.05, 0.1) is 18.3 Å². The summed E-state index contributed by atoms with van der Waals surface area (Å²) < 4.78 is 1.90. The maximum atomic E-state index is 6.13. The Labute approximate surface area is 170 Å². The van der Waals surface area contributed by atoms with Crippen LogP contribution in [0.4, 0.5) is 5.69 Å². The summed E-state index contributed by atoms with van der Waals surface area (Å²) in [6.45, 7) is 8.87. The van der Waals surface area contributed by atoms with Crippen LogP contribution in [0.1, 0.15) is 46.6 Å². The molecule has 2 aromatic carbocycles. The van der Waals surface area contributed by atoms with Crippen molar-refractivity contribution in [1.29, 1.82) is 0 Å². The number of aliphatic imine (C=N–C) groups is 1. The number of halogens is 1. The van der Waals surface area contributed by atoms with Gasteiger partial charge < -0.3 is 5.32 Å². The molecule has 0 bridgehead atoms. The van der Waals surface area contributed by atoms with Gasteiger partial charge in [-0.05, 0) is 55.3 Å². The molecule has 1 aliphatic heterocycles. The van der Waals surface area contributed by atoms with E-state index in [-0.39, 0.29) is 6.04 Å². The summed E-state index contributed by atoms with van der Waals surface area (Å²) in [5.41, 5.74) is 8.84. The van der Waals surface area contributed by atoms with Gasteiger partial charge in [-0.2, -0.15) is 5.10 Å². The van der Waals surface area contributed by atoms with Gasteiger partial charge in [-0.3, -0.25) is 9.67 Å². The number of anilines is 1. The van der Waals surface area contributed by atoms with Crippen molar-refractivity contribution in [2.45, 2.75) is 26.4 Å². The second kappa shape index (κ2) is 7.28. The third kappa shape index (κ3) is 3.25. The topological polar surface area (TPSA) is 42.2 Å². The smallest absolute Gasteiger partial charge is 0.0904 e. The van der Waals surface area contributed by atoms with Gasteiger partial charge in [0.2, 0.25) is 0 Å². The number of nitrogens with one attached hydrogen (secondary N) is 1. The molecule has 1 N–H and O–H groups in total. The molecule has 0 fully saturated rings. The fourth-order valence-corrected chi connectivity index (χ4v) is 3.86. The highest BCUT2D eigenvalue weighted by atomic mass is 35.5. The maximum Gasteiger partial charge on any atom is 0.0904 e. The third-order valence-corrected chi connectivity index (χ3v) is 5.64. The zero-order valence-electron chi connectivity index (χ0n) is 16.3. The quantitative estimate of drug-likeness (QED) is 0.620. The van der Waals surface area contributed by atoms with E-state index in [0.717, 1.165) is 45.5 Å². The van der Waals surface area contributed by atoms with Gasteiger partial charge in [0.25, 0.3) is 0 Å². The lowest BCUT2D eigenvalue weighted by Gasteiger charge is -2.22. The van der Waals surface area contributed by atoms with Crippen molar-refractivity contribution in [3.63, 3.8) is 0 Å². The fourth-order valence-electron chi connectivity index (χ4n) is 3.73. The van der Waals surface area contributed by atoms with Gasteiger partial charge in [-0.25, -0.2) is 0 Å². The Morgan fingerprint density at radius 2 is 1.93 bits per heavy atom. The molecule has 0 aliphatic carbocycles. The summed E-state index contributed by atoms with van der Waals surface area (Å²) in [5, 5.41) is 9.05. The number of benzene rings is 2. The van der Waals surface area contributed by atoms with Crippen LogP contribution < -0.4 is 5.32 Å². The molecule has 1 unspecified atom stereocenters. The Morgan fingerprint density at radius 3 is 2.64 bits per heavy atom. The summed E-state index contributed by atoms with van der Waals surface area (Å²) >= 11 is 6.13. The lowest BCUT2D eigenvalue weighted by atomic mass is 9.95. The van der Waals surface area contributed by atoms with Crippen molar-refractivity contribution in [3.05, 3.63) is 87.7 Å². The van der Waals surface area contributed by atoms with Crippen molar-refractivity contribution < 1.29 is 0 Å². The normalized spacial score (nSPS) is 13.8. The van der Waals surface area contributed by atoms with Crippen molar-refractivity contribution in [2.24, 2.45) is 12.0 Å².